The van der Waals surface area contributed by atoms with Crippen LogP contribution in [0.5, 0.6) is 0 Å². The molecule has 1 saturated heterocycles. The van der Waals surface area contributed by atoms with Crippen LogP contribution in [0.3, 0.4) is 0 Å². The molecule has 0 saturated carbocycles. The third-order valence-corrected chi connectivity index (χ3v) is 4.05. The van der Waals surface area contributed by atoms with Gasteiger partial charge in [-0.05, 0) is 40.2 Å². The molecular formula is C19H26F3NO4. The van der Waals surface area contributed by atoms with Crippen molar-refractivity contribution in [3.05, 3.63) is 35.9 Å². The van der Waals surface area contributed by atoms with Crippen molar-refractivity contribution in [3.8, 4) is 0 Å². The number of ether oxygens (including phenoxy) is 3. The van der Waals surface area contributed by atoms with E-state index >= 15 is 0 Å². The zero-order valence-electron chi connectivity index (χ0n) is 16.2. The quantitative estimate of drug-likeness (QED) is 0.760. The molecule has 1 aliphatic rings. The zero-order valence-corrected chi connectivity index (χ0v) is 16.2. The van der Waals surface area contributed by atoms with Gasteiger partial charge < -0.3 is 14.2 Å². The molecule has 1 amide bonds. The lowest BCUT2D eigenvalue weighted by Crippen LogP contribution is -2.57. The Hall–Kier alpha value is -1.80. The molecule has 0 spiro atoms. The molecule has 0 unspecified atom stereocenters. The maximum Gasteiger partial charge on any atom is 0.416 e. The van der Waals surface area contributed by atoms with Crippen LogP contribution in [0.2, 0.25) is 0 Å². The average Bonchev–Trinajstić information content (AvgIpc) is 2.81. The highest BCUT2D eigenvalue weighted by atomic mass is 19.4. The van der Waals surface area contributed by atoms with Gasteiger partial charge in [-0.25, -0.2) is 4.79 Å². The van der Waals surface area contributed by atoms with E-state index in [4.69, 9.17) is 14.2 Å². The second kappa shape index (κ2) is 7.67. The summed E-state index contributed by atoms with van der Waals surface area (Å²) >= 11 is 0. The first kappa shape index (κ1) is 21.5. The number of amides is 1. The minimum Gasteiger partial charge on any atom is -0.444 e. The van der Waals surface area contributed by atoms with Gasteiger partial charge in [0.15, 0.2) is 6.10 Å². The van der Waals surface area contributed by atoms with E-state index in [0.717, 1.165) is 4.90 Å². The Bertz CT molecular complexity index is 641. The molecule has 0 N–H and O–H groups in total. The first-order valence-electron chi connectivity index (χ1n) is 8.70. The molecule has 2 atom stereocenters. The summed E-state index contributed by atoms with van der Waals surface area (Å²) < 4.78 is 57.2. The van der Waals surface area contributed by atoms with Crippen LogP contribution >= 0.6 is 0 Å². The van der Waals surface area contributed by atoms with Crippen molar-refractivity contribution in [1.29, 1.82) is 0 Å². The Morgan fingerprint density at radius 1 is 1.26 bits per heavy atom. The first-order chi connectivity index (χ1) is 12.3. The molecule has 1 heterocycles. The number of alkyl halides is 3. The Morgan fingerprint density at radius 3 is 2.37 bits per heavy atom. The van der Waals surface area contributed by atoms with Crippen LogP contribution in [0.4, 0.5) is 18.0 Å². The monoisotopic (exact) mass is 389 g/mol. The van der Waals surface area contributed by atoms with Crippen molar-refractivity contribution in [3.63, 3.8) is 0 Å². The van der Waals surface area contributed by atoms with Crippen LogP contribution < -0.4 is 0 Å². The third kappa shape index (κ3) is 5.59. The minimum atomic E-state index is -4.68. The van der Waals surface area contributed by atoms with E-state index in [1.54, 1.807) is 51.1 Å². The summed E-state index contributed by atoms with van der Waals surface area (Å²) in [7, 11) is 0. The molecule has 0 radical (unpaired) electrons. The Balaban J connectivity index is 2.25. The van der Waals surface area contributed by atoms with Crippen molar-refractivity contribution in [2.24, 2.45) is 0 Å². The molecule has 8 heteroatoms. The molecule has 1 aromatic rings. The summed E-state index contributed by atoms with van der Waals surface area (Å²) in [5.41, 5.74) is -1.49. The summed E-state index contributed by atoms with van der Waals surface area (Å²) in [4.78, 5) is 13.6. The number of rotatable bonds is 4. The van der Waals surface area contributed by atoms with Crippen LogP contribution in [-0.4, -0.2) is 47.2 Å². The number of carbonyl (C=O) groups excluding carboxylic acids is 1. The largest absolute Gasteiger partial charge is 0.444 e. The molecule has 1 aromatic carbocycles. The van der Waals surface area contributed by atoms with Crippen molar-refractivity contribution < 1.29 is 32.2 Å². The number of halogens is 3. The van der Waals surface area contributed by atoms with Gasteiger partial charge >= 0.3 is 12.3 Å². The van der Waals surface area contributed by atoms with E-state index in [-0.39, 0.29) is 13.2 Å². The number of hydrogen-bond donors (Lipinski definition) is 0. The predicted octanol–water partition coefficient (Wildman–Crippen LogP) is 4.51. The van der Waals surface area contributed by atoms with E-state index in [1.165, 1.54) is 13.8 Å². The lowest BCUT2D eigenvalue weighted by molar-refractivity contribution is -0.238. The summed E-state index contributed by atoms with van der Waals surface area (Å²) in [5, 5.41) is 0. The van der Waals surface area contributed by atoms with Gasteiger partial charge in [-0.1, -0.05) is 30.3 Å². The van der Waals surface area contributed by atoms with Crippen molar-refractivity contribution in [2.45, 2.75) is 70.9 Å². The van der Waals surface area contributed by atoms with Gasteiger partial charge in [-0.15, -0.1) is 0 Å². The topological polar surface area (TPSA) is 48.0 Å². The van der Waals surface area contributed by atoms with Crippen molar-refractivity contribution in [1.82, 2.24) is 4.90 Å². The highest BCUT2D eigenvalue weighted by Gasteiger charge is 2.56. The van der Waals surface area contributed by atoms with Gasteiger partial charge in [0.05, 0.1) is 19.3 Å². The van der Waals surface area contributed by atoms with Gasteiger partial charge in [0.25, 0.3) is 0 Å². The second-order valence-electron chi connectivity index (χ2n) is 7.93. The number of nitrogens with zero attached hydrogens (tertiary/aromatic N) is 1. The number of benzene rings is 1. The standard InChI is InChI=1S/C19H26F3NO4/c1-17(2,3)27-16(24)23-14(12-26-18(23,4)5)15(19(20,21)22)25-11-13-9-7-6-8-10-13/h6-10,14-15H,11-12H2,1-5H3/t14-,15+/m0/s1. The summed E-state index contributed by atoms with van der Waals surface area (Å²) in [5.74, 6) is 0. The normalized spacial score (nSPS) is 21.2. The first-order valence-corrected chi connectivity index (χ1v) is 8.70. The zero-order chi connectivity index (χ0) is 20.5. The van der Waals surface area contributed by atoms with Crippen LogP contribution in [0.1, 0.15) is 40.2 Å². The van der Waals surface area contributed by atoms with Crippen molar-refractivity contribution >= 4 is 6.09 Å². The average molecular weight is 389 g/mol. The Morgan fingerprint density at radius 2 is 1.85 bits per heavy atom. The molecular weight excluding hydrogens is 363 g/mol. The molecule has 0 aliphatic carbocycles. The van der Waals surface area contributed by atoms with Crippen LogP contribution in [0, 0.1) is 0 Å². The minimum absolute atomic E-state index is 0.232. The van der Waals surface area contributed by atoms with Gasteiger partial charge in [-0.3, -0.25) is 4.90 Å². The lowest BCUT2D eigenvalue weighted by atomic mass is 10.1. The Labute approximate surface area is 157 Å². The molecule has 0 bridgehead atoms. The fourth-order valence-corrected chi connectivity index (χ4v) is 2.91. The molecule has 2 rings (SSSR count). The van der Waals surface area contributed by atoms with Gasteiger partial charge in [0.1, 0.15) is 11.3 Å². The van der Waals surface area contributed by atoms with Crippen molar-refractivity contribution in [2.75, 3.05) is 6.61 Å². The summed E-state index contributed by atoms with van der Waals surface area (Å²) in [6.07, 6.45) is -7.75. The summed E-state index contributed by atoms with van der Waals surface area (Å²) in [6, 6.07) is 7.20. The van der Waals surface area contributed by atoms with E-state index in [2.05, 4.69) is 0 Å². The van der Waals surface area contributed by atoms with Gasteiger partial charge in [-0.2, -0.15) is 13.2 Å². The van der Waals surface area contributed by atoms with E-state index < -0.39 is 35.7 Å². The summed E-state index contributed by atoms with van der Waals surface area (Å²) in [6.45, 7) is 7.48. The fraction of sp³-hybridized carbons (Fsp3) is 0.632. The molecule has 27 heavy (non-hydrogen) atoms. The highest BCUT2D eigenvalue weighted by molar-refractivity contribution is 5.70. The molecule has 0 aromatic heterocycles. The van der Waals surface area contributed by atoms with E-state index in [0.29, 0.717) is 5.56 Å². The smallest absolute Gasteiger partial charge is 0.416 e. The lowest BCUT2D eigenvalue weighted by Gasteiger charge is -2.38. The maximum absolute atomic E-state index is 13.7. The van der Waals surface area contributed by atoms with Gasteiger partial charge in [0.2, 0.25) is 0 Å². The SMILES string of the molecule is CC(C)(C)OC(=O)N1[C@H]([C@@H](OCc2ccccc2)C(F)(F)F)COC1(C)C. The molecule has 1 fully saturated rings. The van der Waals surface area contributed by atoms with E-state index in [1.807, 2.05) is 0 Å². The second-order valence-corrected chi connectivity index (χ2v) is 7.93. The molecule has 1 aliphatic heterocycles. The predicted molar refractivity (Wildman–Crippen MR) is 93.0 cm³/mol. The van der Waals surface area contributed by atoms with E-state index in [9.17, 15) is 18.0 Å². The number of hydrogen-bond acceptors (Lipinski definition) is 4. The fourth-order valence-electron chi connectivity index (χ4n) is 2.91. The van der Waals surface area contributed by atoms with Gasteiger partial charge in [0, 0.05) is 0 Å². The molecule has 5 nitrogen and oxygen atoms in total. The van der Waals surface area contributed by atoms with Crippen LogP contribution in [0.15, 0.2) is 30.3 Å². The number of carbonyl (C=O) groups is 1. The Kier molecular flexibility index (Phi) is 6.11. The van der Waals surface area contributed by atoms with Crippen LogP contribution in [0.25, 0.3) is 0 Å². The molecule has 152 valence electrons. The third-order valence-electron chi connectivity index (χ3n) is 4.05. The van der Waals surface area contributed by atoms with Crippen LogP contribution in [-0.2, 0) is 20.8 Å². The maximum atomic E-state index is 13.7. The highest BCUT2D eigenvalue weighted by Crippen LogP contribution is 2.37.